The van der Waals surface area contributed by atoms with Gasteiger partial charge in [-0.15, -0.1) is 0 Å². The molecule has 1 N–H and O–H groups in total. The summed E-state index contributed by atoms with van der Waals surface area (Å²) in [5.41, 5.74) is 1.18. The van der Waals surface area contributed by atoms with Crippen LogP contribution in [0.4, 0.5) is 0 Å². The van der Waals surface area contributed by atoms with E-state index in [-0.39, 0.29) is 12.0 Å². The van der Waals surface area contributed by atoms with Gasteiger partial charge in [0, 0.05) is 51.9 Å². The van der Waals surface area contributed by atoms with Gasteiger partial charge in [0.1, 0.15) is 0 Å². The van der Waals surface area contributed by atoms with Gasteiger partial charge in [-0.2, -0.15) is 5.10 Å². The van der Waals surface area contributed by atoms with Crippen LogP contribution in [0.25, 0.3) is 0 Å². The quantitative estimate of drug-likeness (QED) is 0.852. The van der Waals surface area contributed by atoms with Crippen LogP contribution in [0, 0.1) is 5.92 Å². The van der Waals surface area contributed by atoms with Crippen molar-refractivity contribution in [3.8, 4) is 0 Å². The number of hydrogen-bond donors (Lipinski definition) is 1. The van der Waals surface area contributed by atoms with Gasteiger partial charge >= 0.3 is 0 Å². The average molecular weight is 292 g/mol. The highest BCUT2D eigenvalue weighted by Crippen LogP contribution is 2.48. The summed E-state index contributed by atoms with van der Waals surface area (Å²) in [6.45, 7) is 5.79. The number of hydrogen-bond acceptors (Lipinski definition) is 4. The van der Waals surface area contributed by atoms with E-state index < -0.39 is 0 Å². The lowest BCUT2D eigenvalue weighted by atomic mass is 10.1. The fourth-order valence-corrected chi connectivity index (χ4v) is 3.23. The second kappa shape index (κ2) is 5.77. The van der Waals surface area contributed by atoms with Gasteiger partial charge in [0.2, 0.25) is 5.91 Å². The maximum absolute atomic E-state index is 12.5. The second-order valence-corrected chi connectivity index (χ2v) is 6.37. The highest BCUT2D eigenvalue weighted by Gasteiger charge is 2.46. The minimum Gasteiger partial charge on any atom is -0.392 e. The molecule has 2 aliphatic rings. The van der Waals surface area contributed by atoms with Crippen LogP contribution in [-0.2, 0) is 11.8 Å². The third kappa shape index (κ3) is 3.27. The van der Waals surface area contributed by atoms with E-state index in [1.54, 1.807) is 11.6 Å². The Kier molecular flexibility index (Phi) is 3.99. The summed E-state index contributed by atoms with van der Waals surface area (Å²) in [7, 11) is 1.91. The fraction of sp³-hybridized carbons (Fsp3) is 0.733. The third-order valence-electron chi connectivity index (χ3n) is 4.47. The number of aryl methyl sites for hydroxylation is 1. The minimum atomic E-state index is -0.300. The summed E-state index contributed by atoms with van der Waals surface area (Å²) < 4.78 is 1.80. The summed E-state index contributed by atoms with van der Waals surface area (Å²) >= 11 is 0. The van der Waals surface area contributed by atoms with Crippen molar-refractivity contribution in [2.75, 3.05) is 32.7 Å². The van der Waals surface area contributed by atoms with Gasteiger partial charge in [-0.3, -0.25) is 14.4 Å². The standard InChI is InChI=1S/C15H24N4O2/c1-11(20)9-18-3-5-19(6-4-18)15(21)14-7-13(14)12-8-16-17(2)10-12/h8,10-11,13-14,20H,3-7,9H2,1-2H3/t11-,13-,14-/m0/s1. The molecule has 116 valence electrons. The minimum absolute atomic E-state index is 0.150. The Hall–Kier alpha value is -1.40. The number of carbonyl (C=O) groups excluding carboxylic acids is 1. The molecule has 0 radical (unpaired) electrons. The first-order valence-corrected chi connectivity index (χ1v) is 7.72. The predicted octanol–water partition coefficient (Wildman–Crippen LogP) is 0.0486. The van der Waals surface area contributed by atoms with Crippen LogP contribution in [0.3, 0.4) is 0 Å². The molecule has 1 amide bonds. The molecule has 0 spiro atoms. The molecule has 3 atom stereocenters. The Morgan fingerprint density at radius 1 is 1.43 bits per heavy atom. The van der Waals surface area contributed by atoms with E-state index in [1.165, 1.54) is 5.56 Å². The zero-order valence-corrected chi connectivity index (χ0v) is 12.8. The lowest BCUT2D eigenvalue weighted by Crippen LogP contribution is -2.50. The number of nitrogens with zero attached hydrogens (tertiary/aromatic N) is 4. The number of rotatable bonds is 4. The van der Waals surface area contributed by atoms with Crippen molar-refractivity contribution in [3.63, 3.8) is 0 Å². The van der Waals surface area contributed by atoms with E-state index in [4.69, 9.17) is 0 Å². The van der Waals surface area contributed by atoms with Gasteiger partial charge in [0.25, 0.3) is 0 Å². The Morgan fingerprint density at radius 3 is 2.71 bits per heavy atom. The number of β-amino-alcohol motifs (C(OH)–C–C–N with tert-alkyl or cyclic N) is 1. The lowest BCUT2D eigenvalue weighted by molar-refractivity contribution is -0.134. The Balaban J connectivity index is 1.49. The number of piperazine rings is 1. The first-order chi connectivity index (χ1) is 10.0. The second-order valence-electron chi connectivity index (χ2n) is 6.37. The van der Waals surface area contributed by atoms with Crippen LogP contribution < -0.4 is 0 Å². The van der Waals surface area contributed by atoms with Crippen LogP contribution in [0.1, 0.15) is 24.8 Å². The summed E-state index contributed by atoms with van der Waals surface area (Å²) in [6.07, 6.45) is 4.54. The van der Waals surface area contributed by atoms with Crippen molar-refractivity contribution < 1.29 is 9.90 Å². The van der Waals surface area contributed by atoms with E-state index in [9.17, 15) is 9.90 Å². The highest BCUT2D eigenvalue weighted by atomic mass is 16.3. The van der Waals surface area contributed by atoms with Crippen molar-refractivity contribution in [2.45, 2.75) is 25.4 Å². The molecule has 1 aromatic heterocycles. The maximum Gasteiger partial charge on any atom is 0.226 e. The van der Waals surface area contributed by atoms with Gasteiger partial charge in [0.05, 0.1) is 12.3 Å². The smallest absolute Gasteiger partial charge is 0.226 e. The topological polar surface area (TPSA) is 61.6 Å². The number of aliphatic hydroxyl groups is 1. The molecular formula is C15H24N4O2. The van der Waals surface area contributed by atoms with Crippen LogP contribution in [-0.4, -0.2) is 69.4 Å². The number of carbonyl (C=O) groups is 1. The number of amides is 1. The monoisotopic (exact) mass is 292 g/mol. The molecule has 1 aliphatic heterocycles. The summed E-state index contributed by atoms with van der Waals surface area (Å²) in [5.74, 6) is 0.805. The van der Waals surface area contributed by atoms with Crippen LogP contribution in [0.5, 0.6) is 0 Å². The summed E-state index contributed by atoms with van der Waals surface area (Å²) in [6, 6.07) is 0. The molecule has 1 saturated carbocycles. The molecule has 21 heavy (non-hydrogen) atoms. The maximum atomic E-state index is 12.5. The largest absolute Gasteiger partial charge is 0.392 e. The number of aromatic nitrogens is 2. The van der Waals surface area contributed by atoms with Crippen LogP contribution in [0.15, 0.2) is 12.4 Å². The zero-order chi connectivity index (χ0) is 15.0. The highest BCUT2D eigenvalue weighted by molar-refractivity contribution is 5.83. The molecular weight excluding hydrogens is 268 g/mol. The van der Waals surface area contributed by atoms with Crippen LogP contribution in [0.2, 0.25) is 0 Å². The van der Waals surface area contributed by atoms with E-state index in [2.05, 4.69) is 10.00 Å². The summed E-state index contributed by atoms with van der Waals surface area (Å²) in [5, 5.41) is 13.6. The molecule has 2 heterocycles. The molecule has 0 aromatic carbocycles. The van der Waals surface area contributed by atoms with E-state index >= 15 is 0 Å². The SMILES string of the molecule is C[C@H](O)CN1CCN(C(=O)[C@H]2C[C@H]2c2cnn(C)c2)CC1. The molecule has 0 unspecified atom stereocenters. The molecule has 2 fully saturated rings. The van der Waals surface area contributed by atoms with Gasteiger partial charge in [-0.1, -0.05) is 0 Å². The molecule has 6 heteroatoms. The van der Waals surface area contributed by atoms with Crippen molar-refractivity contribution in [1.82, 2.24) is 19.6 Å². The van der Waals surface area contributed by atoms with Crippen molar-refractivity contribution in [3.05, 3.63) is 18.0 Å². The van der Waals surface area contributed by atoms with Gasteiger partial charge in [-0.25, -0.2) is 0 Å². The fourth-order valence-electron chi connectivity index (χ4n) is 3.23. The van der Waals surface area contributed by atoms with Crippen molar-refractivity contribution in [1.29, 1.82) is 0 Å². The normalized spacial score (nSPS) is 27.7. The van der Waals surface area contributed by atoms with Gasteiger partial charge in [0.15, 0.2) is 0 Å². The number of aliphatic hydroxyl groups excluding tert-OH is 1. The van der Waals surface area contributed by atoms with Gasteiger partial charge < -0.3 is 10.0 Å². The zero-order valence-electron chi connectivity index (χ0n) is 12.8. The molecule has 1 aliphatic carbocycles. The van der Waals surface area contributed by atoms with E-state index in [0.717, 1.165) is 32.6 Å². The molecule has 1 saturated heterocycles. The molecule has 3 rings (SSSR count). The Bertz CT molecular complexity index is 506. The Labute approximate surface area is 125 Å². The van der Waals surface area contributed by atoms with Crippen LogP contribution >= 0.6 is 0 Å². The molecule has 1 aromatic rings. The summed E-state index contributed by atoms with van der Waals surface area (Å²) in [4.78, 5) is 16.7. The van der Waals surface area contributed by atoms with Gasteiger partial charge in [-0.05, 0) is 24.8 Å². The van der Waals surface area contributed by atoms with Crippen molar-refractivity contribution in [2.24, 2.45) is 13.0 Å². The predicted molar refractivity (Wildman–Crippen MR) is 78.8 cm³/mol. The lowest BCUT2D eigenvalue weighted by Gasteiger charge is -2.35. The first-order valence-electron chi connectivity index (χ1n) is 7.72. The Morgan fingerprint density at radius 2 is 2.14 bits per heavy atom. The van der Waals surface area contributed by atoms with E-state index in [0.29, 0.717) is 18.4 Å². The molecule has 0 bridgehead atoms. The van der Waals surface area contributed by atoms with Crippen molar-refractivity contribution >= 4 is 5.91 Å². The molecule has 6 nitrogen and oxygen atoms in total. The first kappa shape index (κ1) is 14.5. The van der Waals surface area contributed by atoms with E-state index in [1.807, 2.05) is 24.3 Å². The average Bonchev–Trinajstić information content (AvgIpc) is 3.13. The third-order valence-corrected chi connectivity index (χ3v) is 4.47.